The Morgan fingerprint density at radius 1 is 0.690 bits per heavy atom. The lowest BCUT2D eigenvalue weighted by atomic mass is 9.54. The molecule has 1 saturated heterocycles. The van der Waals surface area contributed by atoms with E-state index in [1.807, 2.05) is 24.3 Å². The second-order valence-electron chi connectivity index (χ2n) is 7.69. The molecular formula is C23H14Br2N2O2. The Labute approximate surface area is 184 Å². The van der Waals surface area contributed by atoms with E-state index in [1.165, 1.54) is 4.90 Å². The van der Waals surface area contributed by atoms with Gasteiger partial charge in [-0.25, -0.2) is 4.90 Å². The number of hydrogen-bond donors (Lipinski definition) is 0. The first-order valence-electron chi connectivity index (χ1n) is 9.36. The number of nitrogens with zero attached hydrogens (tertiary/aromatic N) is 2. The summed E-state index contributed by atoms with van der Waals surface area (Å²) in [6, 6.07) is 19.6. The van der Waals surface area contributed by atoms with Crippen LogP contribution in [0.1, 0.15) is 22.3 Å². The Hall–Kier alpha value is -2.31. The van der Waals surface area contributed by atoms with Gasteiger partial charge in [-0.05, 0) is 34.4 Å². The summed E-state index contributed by atoms with van der Waals surface area (Å²) in [5.41, 5.74) is 4.71. The number of halogens is 2. The summed E-state index contributed by atoms with van der Waals surface area (Å²) in [6.45, 7) is 0. The number of benzene rings is 2. The van der Waals surface area contributed by atoms with E-state index in [-0.39, 0.29) is 11.8 Å². The van der Waals surface area contributed by atoms with Crippen molar-refractivity contribution in [1.29, 1.82) is 0 Å². The van der Waals surface area contributed by atoms with Crippen LogP contribution < -0.4 is 4.90 Å². The van der Waals surface area contributed by atoms with E-state index in [4.69, 9.17) is 0 Å². The van der Waals surface area contributed by atoms with E-state index in [2.05, 4.69) is 61.1 Å². The van der Waals surface area contributed by atoms with Crippen molar-refractivity contribution in [3.05, 3.63) is 95.3 Å². The minimum absolute atomic E-state index is 0.184. The van der Waals surface area contributed by atoms with Gasteiger partial charge in [0.2, 0.25) is 11.8 Å². The molecule has 2 heterocycles. The quantitative estimate of drug-likeness (QED) is 0.358. The lowest BCUT2D eigenvalue weighted by molar-refractivity contribution is -0.122. The van der Waals surface area contributed by atoms with Crippen LogP contribution in [-0.2, 0) is 18.2 Å². The first-order valence-corrected chi connectivity index (χ1v) is 10.9. The molecule has 1 fully saturated rings. The number of imide groups is 1. The summed E-state index contributed by atoms with van der Waals surface area (Å²) in [7, 11) is 0. The number of alkyl halides is 2. The van der Waals surface area contributed by atoms with Gasteiger partial charge in [-0.15, -0.1) is 0 Å². The maximum atomic E-state index is 13.7. The number of hydrogen-bond acceptors (Lipinski definition) is 3. The highest BCUT2D eigenvalue weighted by Gasteiger charge is 2.72. The molecule has 142 valence electrons. The van der Waals surface area contributed by atoms with Crippen molar-refractivity contribution in [3.8, 4) is 0 Å². The summed E-state index contributed by atoms with van der Waals surface area (Å²) in [5, 5.41) is 0. The SMILES string of the molecule is O=C1C2C(C(=O)N1c1ccncc1)C1(Br)c3ccccc3C2(Br)c2ccccc21. The van der Waals surface area contributed by atoms with Gasteiger partial charge in [0.1, 0.15) is 0 Å². The van der Waals surface area contributed by atoms with Gasteiger partial charge in [0.15, 0.2) is 0 Å². The Morgan fingerprint density at radius 2 is 1.07 bits per heavy atom. The molecule has 3 aromatic rings. The topological polar surface area (TPSA) is 50.3 Å². The smallest absolute Gasteiger partial charge is 0.239 e. The Balaban J connectivity index is 1.69. The van der Waals surface area contributed by atoms with E-state index < -0.39 is 20.5 Å². The molecule has 6 heteroatoms. The van der Waals surface area contributed by atoms with E-state index in [9.17, 15) is 9.59 Å². The van der Waals surface area contributed by atoms with Crippen molar-refractivity contribution in [2.24, 2.45) is 11.8 Å². The third-order valence-electron chi connectivity index (χ3n) is 6.51. The van der Waals surface area contributed by atoms with Gasteiger partial charge in [0.05, 0.1) is 26.2 Å². The van der Waals surface area contributed by atoms with Crippen LogP contribution in [0, 0.1) is 11.8 Å². The lowest BCUT2D eigenvalue weighted by Crippen LogP contribution is -2.56. The second-order valence-corrected chi connectivity index (χ2v) is 10.2. The minimum atomic E-state index is -0.755. The number of carbonyl (C=O) groups is 2. The molecule has 0 saturated carbocycles. The van der Waals surface area contributed by atoms with E-state index in [1.54, 1.807) is 24.5 Å². The molecule has 2 atom stereocenters. The van der Waals surface area contributed by atoms with Crippen molar-refractivity contribution >= 4 is 49.4 Å². The van der Waals surface area contributed by atoms with Crippen LogP contribution in [0.2, 0.25) is 0 Å². The largest absolute Gasteiger partial charge is 0.274 e. The summed E-state index contributed by atoms with van der Waals surface area (Å²) in [6.07, 6.45) is 3.20. The average Bonchev–Trinajstić information content (AvgIpc) is 3.04. The van der Waals surface area contributed by atoms with Crippen molar-refractivity contribution in [2.75, 3.05) is 4.90 Å². The Kier molecular flexibility index (Phi) is 3.41. The van der Waals surface area contributed by atoms with Crippen LogP contribution in [0.25, 0.3) is 0 Å². The molecule has 0 N–H and O–H groups in total. The standard InChI is InChI=1S/C23H14Br2N2O2/c24-22-14-5-1-2-6-15(14)23(25,17-8-4-3-7-16(17)22)19-18(22)20(28)27(21(19)29)13-9-11-26-12-10-13/h1-12,18-19H. The van der Waals surface area contributed by atoms with Crippen LogP contribution in [-0.4, -0.2) is 16.8 Å². The first kappa shape index (κ1) is 17.5. The average molecular weight is 510 g/mol. The van der Waals surface area contributed by atoms with Crippen LogP contribution in [0.3, 0.4) is 0 Å². The number of anilines is 1. The molecule has 1 aliphatic heterocycles. The normalized spacial score (nSPS) is 31.4. The third-order valence-corrected chi connectivity index (χ3v) is 9.20. The molecule has 0 radical (unpaired) electrons. The highest BCUT2D eigenvalue weighted by Crippen LogP contribution is 2.70. The van der Waals surface area contributed by atoms with Crippen molar-refractivity contribution in [2.45, 2.75) is 8.65 Å². The Morgan fingerprint density at radius 3 is 1.45 bits per heavy atom. The van der Waals surface area contributed by atoms with E-state index in [0.717, 1.165) is 22.3 Å². The van der Waals surface area contributed by atoms with Crippen LogP contribution in [0.4, 0.5) is 5.69 Å². The fourth-order valence-electron chi connectivity index (χ4n) is 5.41. The van der Waals surface area contributed by atoms with Gasteiger partial charge < -0.3 is 0 Å². The molecule has 2 unspecified atom stereocenters. The zero-order valence-corrected chi connectivity index (χ0v) is 18.2. The molecule has 29 heavy (non-hydrogen) atoms. The van der Waals surface area contributed by atoms with Crippen LogP contribution >= 0.6 is 31.9 Å². The number of amides is 2. The predicted molar refractivity (Wildman–Crippen MR) is 116 cm³/mol. The zero-order chi connectivity index (χ0) is 20.0. The van der Waals surface area contributed by atoms with Crippen LogP contribution in [0.5, 0.6) is 0 Å². The van der Waals surface area contributed by atoms with Crippen molar-refractivity contribution in [3.63, 3.8) is 0 Å². The zero-order valence-electron chi connectivity index (χ0n) is 15.0. The van der Waals surface area contributed by atoms with Crippen molar-refractivity contribution in [1.82, 2.24) is 4.98 Å². The highest BCUT2D eigenvalue weighted by atomic mass is 79.9. The van der Waals surface area contributed by atoms with E-state index in [0.29, 0.717) is 5.69 Å². The monoisotopic (exact) mass is 508 g/mol. The molecule has 0 spiro atoms. The molecule has 2 aromatic carbocycles. The summed E-state index contributed by atoms with van der Waals surface area (Å²) >= 11 is 7.99. The molecular weight excluding hydrogens is 496 g/mol. The molecule has 4 aliphatic rings. The van der Waals surface area contributed by atoms with Gasteiger partial charge in [0.25, 0.3) is 0 Å². The summed E-state index contributed by atoms with van der Waals surface area (Å²) < 4.78 is -1.51. The fraction of sp³-hybridized carbons (Fsp3) is 0.174. The van der Waals surface area contributed by atoms with Gasteiger partial charge in [-0.3, -0.25) is 14.6 Å². The number of carbonyl (C=O) groups excluding carboxylic acids is 2. The molecule has 1 aromatic heterocycles. The predicted octanol–water partition coefficient (Wildman–Crippen LogP) is 4.49. The lowest BCUT2D eigenvalue weighted by Gasteiger charge is -2.55. The molecule has 2 amide bonds. The van der Waals surface area contributed by atoms with Gasteiger partial charge in [0, 0.05) is 12.4 Å². The maximum absolute atomic E-state index is 13.7. The molecule has 7 rings (SSSR count). The Bertz CT molecular complexity index is 1090. The summed E-state index contributed by atoms with van der Waals surface area (Å²) in [5.74, 6) is -1.47. The first-order chi connectivity index (χ1) is 14.0. The van der Waals surface area contributed by atoms with Crippen molar-refractivity contribution < 1.29 is 9.59 Å². The minimum Gasteiger partial charge on any atom is -0.274 e. The molecule has 4 nitrogen and oxygen atoms in total. The number of pyridine rings is 1. The summed E-state index contributed by atoms with van der Waals surface area (Å²) in [4.78, 5) is 32.8. The van der Waals surface area contributed by atoms with Gasteiger partial charge in [-0.1, -0.05) is 80.4 Å². The molecule has 3 aliphatic carbocycles. The third kappa shape index (κ3) is 1.87. The second kappa shape index (κ2) is 5.64. The van der Waals surface area contributed by atoms with Crippen LogP contribution in [0.15, 0.2) is 73.1 Å². The van der Waals surface area contributed by atoms with Gasteiger partial charge >= 0.3 is 0 Å². The maximum Gasteiger partial charge on any atom is 0.239 e. The highest BCUT2D eigenvalue weighted by molar-refractivity contribution is 9.10. The number of rotatable bonds is 1. The number of aromatic nitrogens is 1. The fourth-order valence-corrected chi connectivity index (χ4v) is 7.72. The van der Waals surface area contributed by atoms with E-state index >= 15 is 0 Å². The van der Waals surface area contributed by atoms with Gasteiger partial charge in [-0.2, -0.15) is 0 Å². The molecule has 2 bridgehead atoms.